The monoisotopic (exact) mass is 990 g/mol. The Balaban J connectivity index is 1.08. The highest BCUT2D eigenvalue weighted by Crippen LogP contribution is 2.37. The van der Waals surface area contributed by atoms with Gasteiger partial charge in [-0.15, -0.1) is 0 Å². The van der Waals surface area contributed by atoms with Crippen LogP contribution in [0.1, 0.15) is 76.7 Å². The number of hydrogen-bond acceptors (Lipinski definition) is 12. The number of allylic oxidation sites excluding steroid dienone is 1. The van der Waals surface area contributed by atoms with E-state index in [0.717, 1.165) is 42.0 Å². The number of piperazine rings is 1. The number of nitro benzene ring substituents is 1. The number of amides is 2. The van der Waals surface area contributed by atoms with Crippen LogP contribution in [0.4, 0.5) is 30.6 Å². The molecule has 2 saturated heterocycles. The number of nitrogens with zero attached hydrogens (tertiary/aromatic N) is 5. The molecule has 2 aromatic heterocycles. The molecule has 69 heavy (non-hydrogen) atoms. The number of alkyl halides is 1. The average Bonchev–Trinajstić information content (AvgIpc) is 3.75. The van der Waals surface area contributed by atoms with Crippen LogP contribution in [0, 0.1) is 21.8 Å². The standard InChI is InChI=1S/C49H57ClF2N8O8S/c1-31(2)23-39(37-9-7-8-10-40(37)50)32(3)29-57-19-21-58(22-20-57)34-11-12-38(43(25-34)67-35-24-33-13-16-53-45(33)54-28-35)46(61)56-69(65,66)36-26-41(51)44(42(27-36)60(63)64)55-30-49(52)14-17-59(18-15-49)47(62)68-48(4,5)6/h7-13,16,24-28,31,55H,14-15,17-23,29-30H2,1-6H3,(H,53,54)(H,56,61)/b39-32-. The molecule has 3 N–H and O–H groups in total. The Bertz CT molecular complexity index is 2870. The molecule has 0 bridgehead atoms. The summed E-state index contributed by atoms with van der Waals surface area (Å²) in [6.45, 7) is 14.5. The second-order valence-corrected chi connectivity index (χ2v) is 21.0. The van der Waals surface area contributed by atoms with Crippen molar-refractivity contribution in [3.05, 3.63) is 117 Å². The quantitative estimate of drug-likeness (QED) is 0.0665. The number of rotatable bonds is 15. The molecule has 0 saturated carbocycles. The smallest absolute Gasteiger partial charge is 0.410 e. The van der Waals surface area contributed by atoms with Gasteiger partial charge in [0, 0.05) is 99.6 Å². The summed E-state index contributed by atoms with van der Waals surface area (Å²) >= 11 is 6.65. The van der Waals surface area contributed by atoms with Crippen LogP contribution in [0.3, 0.4) is 0 Å². The van der Waals surface area contributed by atoms with E-state index in [2.05, 4.69) is 51.9 Å². The van der Waals surface area contributed by atoms with Gasteiger partial charge >= 0.3 is 6.09 Å². The average molecular weight is 992 g/mol. The predicted octanol–water partition coefficient (Wildman–Crippen LogP) is 9.97. The van der Waals surface area contributed by atoms with Gasteiger partial charge in [-0.3, -0.25) is 19.8 Å². The number of aromatic nitrogens is 2. The normalized spacial score (nSPS) is 16.0. The second kappa shape index (κ2) is 20.7. The lowest BCUT2D eigenvalue weighted by Crippen LogP contribution is -2.48. The first-order valence-corrected chi connectivity index (χ1v) is 24.6. The molecule has 7 rings (SSSR count). The highest BCUT2D eigenvalue weighted by Gasteiger charge is 2.38. The Hall–Kier alpha value is -6.31. The number of hydrogen-bond donors (Lipinski definition) is 3. The number of H-pyrrole nitrogens is 1. The number of anilines is 2. The van der Waals surface area contributed by atoms with Gasteiger partial charge in [0.1, 0.15) is 34.1 Å². The van der Waals surface area contributed by atoms with Gasteiger partial charge in [-0.2, -0.15) is 0 Å². The first-order chi connectivity index (χ1) is 32.6. The van der Waals surface area contributed by atoms with E-state index in [1.807, 2.05) is 22.9 Å². The molecule has 0 atom stereocenters. The van der Waals surface area contributed by atoms with E-state index >= 15 is 8.78 Å². The van der Waals surface area contributed by atoms with Gasteiger partial charge in [-0.25, -0.2) is 31.7 Å². The fourth-order valence-corrected chi connectivity index (χ4v) is 9.67. The van der Waals surface area contributed by atoms with Gasteiger partial charge < -0.3 is 29.6 Å². The van der Waals surface area contributed by atoms with E-state index in [9.17, 15) is 28.1 Å². The zero-order chi connectivity index (χ0) is 49.8. The van der Waals surface area contributed by atoms with Crippen LogP contribution in [-0.4, -0.2) is 109 Å². The Morgan fingerprint density at radius 3 is 2.38 bits per heavy atom. The minimum Gasteiger partial charge on any atom is -0.455 e. The number of halogens is 3. The van der Waals surface area contributed by atoms with Crippen molar-refractivity contribution < 1.29 is 41.2 Å². The highest BCUT2D eigenvalue weighted by atomic mass is 35.5. The number of aromatic amines is 1. The maximum absolute atomic E-state index is 15.9. The number of fused-ring (bicyclic) bond motifs is 1. The van der Waals surface area contributed by atoms with Crippen LogP contribution >= 0.6 is 11.6 Å². The molecule has 16 nitrogen and oxygen atoms in total. The molecule has 3 aromatic carbocycles. The number of nitro groups is 1. The third-order valence-corrected chi connectivity index (χ3v) is 13.6. The molecule has 4 heterocycles. The predicted molar refractivity (Wildman–Crippen MR) is 262 cm³/mol. The number of benzene rings is 3. The molecule has 5 aromatic rings. The van der Waals surface area contributed by atoms with E-state index in [0.29, 0.717) is 42.5 Å². The number of carbonyl (C=O) groups excluding carboxylic acids is 2. The van der Waals surface area contributed by atoms with Gasteiger partial charge in [0.25, 0.3) is 21.6 Å². The van der Waals surface area contributed by atoms with Crippen molar-refractivity contribution >= 4 is 67.3 Å². The lowest BCUT2D eigenvalue weighted by atomic mass is 9.92. The topological polar surface area (TPSA) is 192 Å². The largest absolute Gasteiger partial charge is 0.455 e. The van der Waals surface area contributed by atoms with Crippen molar-refractivity contribution in [3.63, 3.8) is 0 Å². The van der Waals surface area contributed by atoms with Crippen LogP contribution in [0.25, 0.3) is 16.6 Å². The fourth-order valence-electron chi connectivity index (χ4n) is 8.42. The summed E-state index contributed by atoms with van der Waals surface area (Å²) in [5.41, 5.74) is 0.129. The zero-order valence-corrected chi connectivity index (χ0v) is 41.0. The van der Waals surface area contributed by atoms with Gasteiger partial charge in [0.15, 0.2) is 5.82 Å². The van der Waals surface area contributed by atoms with Crippen molar-refractivity contribution in [2.45, 2.75) is 77.0 Å². The van der Waals surface area contributed by atoms with Crippen molar-refractivity contribution in [1.29, 1.82) is 0 Å². The SMILES string of the molecule is C/C(CN1CCN(c2ccc(C(=O)NS(=O)(=O)c3cc(F)c(NCC4(F)CCN(C(=O)OC(C)(C)C)CC4)c([N+](=O)[O-])c3)c(Oc3cnc4[nH]ccc4c3)c2)CC1)=C(\CC(C)C)c1ccccc1Cl. The summed E-state index contributed by atoms with van der Waals surface area (Å²) in [5.74, 6) is -1.85. The molecular formula is C49H57ClF2N8O8S. The molecule has 20 heteroatoms. The highest BCUT2D eigenvalue weighted by molar-refractivity contribution is 7.90. The van der Waals surface area contributed by atoms with Crippen molar-refractivity contribution in [2.75, 3.05) is 62.6 Å². The van der Waals surface area contributed by atoms with Crippen molar-refractivity contribution in [2.24, 2.45) is 5.92 Å². The lowest BCUT2D eigenvalue weighted by molar-refractivity contribution is -0.384. The van der Waals surface area contributed by atoms with Gasteiger partial charge in [-0.05, 0) is 87.6 Å². The Kier molecular flexibility index (Phi) is 15.2. The third-order valence-electron chi connectivity index (χ3n) is 12.0. The number of likely N-dealkylation sites (tertiary alicyclic amines) is 1. The summed E-state index contributed by atoms with van der Waals surface area (Å²) in [7, 11) is -4.96. The number of sulfonamides is 1. The second-order valence-electron chi connectivity index (χ2n) is 18.9. The van der Waals surface area contributed by atoms with Crippen LogP contribution < -0.4 is 19.7 Å². The molecule has 2 amide bonds. The molecule has 0 spiro atoms. The molecule has 0 aliphatic carbocycles. The number of ether oxygens (including phenoxy) is 2. The number of pyridine rings is 1. The maximum Gasteiger partial charge on any atom is 0.410 e. The fraction of sp³-hybridized carbons (Fsp3) is 0.408. The minimum atomic E-state index is -4.96. The molecule has 368 valence electrons. The van der Waals surface area contributed by atoms with E-state index in [1.54, 1.807) is 51.2 Å². The number of nitrogens with one attached hydrogen (secondary N) is 3. The third kappa shape index (κ3) is 12.5. The Morgan fingerprint density at radius 1 is 1.00 bits per heavy atom. The molecule has 2 fully saturated rings. The van der Waals surface area contributed by atoms with Crippen LogP contribution in [0.15, 0.2) is 89.6 Å². The van der Waals surface area contributed by atoms with E-state index < -0.39 is 66.8 Å². The molecule has 2 aliphatic heterocycles. The lowest BCUT2D eigenvalue weighted by Gasteiger charge is -2.37. The Labute approximate surface area is 405 Å². The van der Waals surface area contributed by atoms with Crippen LogP contribution in [0.5, 0.6) is 11.5 Å². The number of piperidine rings is 1. The summed E-state index contributed by atoms with van der Waals surface area (Å²) in [4.78, 5) is 50.0. The van der Waals surface area contributed by atoms with Gasteiger partial charge in [-0.1, -0.05) is 49.2 Å². The van der Waals surface area contributed by atoms with Crippen molar-refractivity contribution in [1.82, 2.24) is 24.5 Å². The minimum absolute atomic E-state index is 0.00931. The Morgan fingerprint density at radius 2 is 1.71 bits per heavy atom. The summed E-state index contributed by atoms with van der Waals surface area (Å²) in [6, 6.07) is 17.2. The van der Waals surface area contributed by atoms with E-state index in [4.69, 9.17) is 21.1 Å². The summed E-state index contributed by atoms with van der Waals surface area (Å²) in [6.07, 6.45) is 3.09. The molecule has 0 unspecified atom stereocenters. The molecular weight excluding hydrogens is 934 g/mol. The maximum atomic E-state index is 15.9. The summed E-state index contributed by atoms with van der Waals surface area (Å²) in [5, 5.41) is 16.1. The van der Waals surface area contributed by atoms with Gasteiger partial charge in [0.2, 0.25) is 0 Å². The van der Waals surface area contributed by atoms with E-state index in [-0.39, 0.29) is 43.0 Å². The van der Waals surface area contributed by atoms with E-state index in [1.165, 1.54) is 28.3 Å². The number of carbonyl (C=O) groups is 2. The first kappa shape index (κ1) is 50.6. The molecule has 2 aliphatic rings. The molecule has 0 radical (unpaired) electrons. The van der Waals surface area contributed by atoms with Crippen molar-refractivity contribution in [3.8, 4) is 11.5 Å². The van der Waals surface area contributed by atoms with Crippen LogP contribution in [-0.2, 0) is 14.8 Å². The van der Waals surface area contributed by atoms with Gasteiger partial charge in [0.05, 0.1) is 21.6 Å². The zero-order valence-electron chi connectivity index (χ0n) is 39.4. The van der Waals surface area contributed by atoms with Crippen LogP contribution in [0.2, 0.25) is 5.02 Å². The first-order valence-electron chi connectivity index (χ1n) is 22.7. The summed E-state index contributed by atoms with van der Waals surface area (Å²) < 4.78 is 72.7.